The Morgan fingerprint density at radius 3 is 1.83 bits per heavy atom. The number of allylic oxidation sites excluding steroid dienone is 3. The normalized spacial score (nSPS) is 18.3. The number of benzene rings is 2. The van der Waals surface area contributed by atoms with Gasteiger partial charge in [0, 0.05) is 72.3 Å². The van der Waals surface area contributed by atoms with Crippen molar-refractivity contribution >= 4 is 16.9 Å². The summed E-state index contributed by atoms with van der Waals surface area (Å²) in [6.07, 6.45) is 17.0. The highest BCUT2D eigenvalue weighted by Crippen LogP contribution is 2.55. The van der Waals surface area contributed by atoms with E-state index in [0.29, 0.717) is 0 Å². The highest BCUT2D eigenvalue weighted by Gasteiger charge is 2.34. The molecule has 7 nitrogen and oxygen atoms in total. The third-order valence-electron chi connectivity index (χ3n) is 9.16. The molecular weight excluding hydrogens is 634 g/mol. The summed E-state index contributed by atoms with van der Waals surface area (Å²) in [5.41, 5.74) is 8.22. The molecular formula is C39H42N4O3P2. The number of rotatable bonds is 4. The lowest BCUT2D eigenvalue weighted by atomic mass is 9.82. The van der Waals surface area contributed by atoms with E-state index in [1.165, 1.54) is 28.2 Å². The van der Waals surface area contributed by atoms with Crippen LogP contribution < -0.4 is 18.9 Å². The van der Waals surface area contributed by atoms with E-state index in [1.54, 1.807) is 0 Å². The third-order valence-corrected chi connectivity index (χ3v) is 12.6. The SMILES string of the molecule is CC(C)(C)c1cc2c(c(OP3N/C=C\C=C\Cc4cccn43)c1)Oc1c(cc(C(C)(C)C)cc1OP1n3cccc3Cc3cccn31)C2. The number of hydrogen-bond acceptors (Lipinski definition) is 4. The van der Waals surface area contributed by atoms with E-state index in [4.69, 9.17) is 13.8 Å². The van der Waals surface area contributed by atoms with Crippen molar-refractivity contribution in [2.24, 2.45) is 0 Å². The molecule has 0 fully saturated rings. The van der Waals surface area contributed by atoms with Gasteiger partial charge in [-0.1, -0.05) is 65.8 Å². The molecule has 0 bridgehead atoms. The van der Waals surface area contributed by atoms with Gasteiger partial charge in [0.2, 0.25) is 0 Å². The zero-order chi connectivity index (χ0) is 33.2. The summed E-state index contributed by atoms with van der Waals surface area (Å²) in [6.45, 7) is 13.5. The van der Waals surface area contributed by atoms with Gasteiger partial charge in [-0.05, 0) is 76.6 Å². The smallest absolute Gasteiger partial charge is 0.318 e. The predicted octanol–water partition coefficient (Wildman–Crippen LogP) is 10.4. The van der Waals surface area contributed by atoms with Crippen molar-refractivity contribution in [1.82, 2.24) is 18.1 Å². The Labute approximate surface area is 285 Å². The number of nitrogens with one attached hydrogen (secondary N) is 1. The van der Waals surface area contributed by atoms with Crippen LogP contribution in [0.3, 0.4) is 0 Å². The molecule has 3 aromatic heterocycles. The molecule has 5 aromatic rings. The van der Waals surface area contributed by atoms with Gasteiger partial charge in [0.25, 0.3) is 0 Å². The zero-order valence-electron chi connectivity index (χ0n) is 28.4. The molecule has 6 heterocycles. The van der Waals surface area contributed by atoms with Gasteiger partial charge in [-0.15, -0.1) is 0 Å². The van der Waals surface area contributed by atoms with Crippen LogP contribution in [0.25, 0.3) is 0 Å². The largest absolute Gasteiger partial charge is 0.449 e. The minimum absolute atomic E-state index is 0.0754. The standard InChI is InChI=1S/C39H42N4O3P2/c1-38(2,3)29-22-27-21-28-23-30(39(4,5)6)25-35(46-48-42-19-11-15-32(42)26-33-16-12-20-43(33)48)37(28)44-36(27)34(24-29)45-47-40-17-9-7-8-13-31-14-10-18-41(31)47/h7-12,14-20,22-25,40H,13,21,26H2,1-6H3/b8-7+,17-9-. The predicted molar refractivity (Wildman–Crippen MR) is 196 cm³/mol. The van der Waals surface area contributed by atoms with Crippen molar-refractivity contribution in [2.75, 3.05) is 0 Å². The first-order valence-corrected chi connectivity index (χ1v) is 19.0. The van der Waals surface area contributed by atoms with Crippen LogP contribution in [-0.4, -0.2) is 13.0 Å². The maximum Gasteiger partial charge on any atom is 0.318 e. The van der Waals surface area contributed by atoms with Crippen LogP contribution in [0.1, 0.15) is 80.9 Å². The number of hydrogen-bond donors (Lipinski definition) is 1. The van der Waals surface area contributed by atoms with Gasteiger partial charge in [-0.25, -0.2) is 0 Å². The first kappa shape index (κ1) is 31.1. The first-order valence-electron chi connectivity index (χ1n) is 16.6. The average Bonchev–Trinajstić information content (AvgIpc) is 3.81. The molecule has 9 heteroatoms. The summed E-state index contributed by atoms with van der Waals surface area (Å²) in [6, 6.07) is 21.8. The number of fused-ring (bicyclic) bond motifs is 5. The van der Waals surface area contributed by atoms with Crippen LogP contribution in [0.4, 0.5) is 0 Å². The molecule has 0 aliphatic carbocycles. The van der Waals surface area contributed by atoms with Crippen molar-refractivity contribution in [1.29, 1.82) is 0 Å². The second-order valence-corrected chi connectivity index (χ2v) is 17.7. The Balaban J connectivity index is 1.24. The Morgan fingerprint density at radius 1 is 0.667 bits per heavy atom. The zero-order valence-corrected chi connectivity index (χ0v) is 30.2. The Bertz CT molecular complexity index is 2030. The van der Waals surface area contributed by atoms with Crippen LogP contribution >= 0.6 is 16.9 Å². The molecule has 0 saturated heterocycles. The molecule has 3 aliphatic rings. The summed E-state index contributed by atoms with van der Waals surface area (Å²) in [4.78, 5) is 0. The van der Waals surface area contributed by atoms with E-state index in [0.717, 1.165) is 53.4 Å². The van der Waals surface area contributed by atoms with Crippen LogP contribution in [0.2, 0.25) is 0 Å². The van der Waals surface area contributed by atoms with Crippen LogP contribution in [0.15, 0.2) is 104 Å². The van der Waals surface area contributed by atoms with Crippen molar-refractivity contribution in [2.45, 2.75) is 71.6 Å². The highest BCUT2D eigenvalue weighted by atomic mass is 31.2. The van der Waals surface area contributed by atoms with Crippen molar-refractivity contribution in [3.63, 3.8) is 0 Å². The van der Waals surface area contributed by atoms with Crippen LogP contribution in [0.5, 0.6) is 23.0 Å². The van der Waals surface area contributed by atoms with Crippen molar-refractivity contribution in [3.8, 4) is 23.0 Å². The second-order valence-electron chi connectivity index (χ2n) is 14.7. The number of aromatic nitrogens is 3. The van der Waals surface area contributed by atoms with E-state index in [-0.39, 0.29) is 10.8 Å². The lowest BCUT2D eigenvalue weighted by Crippen LogP contribution is -2.19. The van der Waals surface area contributed by atoms with Gasteiger partial charge in [0.05, 0.1) is 0 Å². The fourth-order valence-electron chi connectivity index (χ4n) is 6.42. The van der Waals surface area contributed by atoms with E-state index >= 15 is 0 Å². The lowest BCUT2D eigenvalue weighted by Gasteiger charge is -2.32. The minimum atomic E-state index is -1.28. The molecule has 0 saturated carbocycles. The third kappa shape index (κ3) is 5.67. The number of nitrogens with zero attached hydrogens (tertiary/aromatic N) is 3. The summed E-state index contributed by atoms with van der Waals surface area (Å²) in [7, 11) is -2.49. The van der Waals surface area contributed by atoms with Gasteiger partial charge in [-0.2, -0.15) is 0 Å². The summed E-state index contributed by atoms with van der Waals surface area (Å²) in [5.74, 6) is 3.01. The monoisotopic (exact) mass is 676 g/mol. The minimum Gasteiger partial charge on any atom is -0.449 e. The molecule has 8 rings (SSSR count). The first-order chi connectivity index (χ1) is 23.0. The molecule has 1 N–H and O–H groups in total. The fraction of sp³-hybridized carbons (Fsp3) is 0.282. The molecule has 0 radical (unpaired) electrons. The van der Waals surface area contributed by atoms with Crippen molar-refractivity contribution in [3.05, 3.63) is 143 Å². The summed E-state index contributed by atoms with van der Waals surface area (Å²) in [5, 5.41) is 3.53. The van der Waals surface area contributed by atoms with E-state index in [9.17, 15) is 0 Å². The Kier molecular flexibility index (Phi) is 7.62. The lowest BCUT2D eigenvalue weighted by molar-refractivity contribution is 0.411. The molecule has 1 atom stereocenters. The quantitative estimate of drug-likeness (QED) is 0.189. The molecule has 3 aliphatic heterocycles. The topological polar surface area (TPSA) is 54.5 Å². The summed E-state index contributed by atoms with van der Waals surface area (Å²) < 4.78 is 27.9. The van der Waals surface area contributed by atoms with Crippen LogP contribution in [0, 0.1) is 0 Å². The molecule has 48 heavy (non-hydrogen) atoms. The molecule has 1 unspecified atom stereocenters. The Morgan fingerprint density at radius 2 is 1.23 bits per heavy atom. The maximum atomic E-state index is 7.12. The molecule has 0 spiro atoms. The molecule has 2 aromatic carbocycles. The van der Waals surface area contributed by atoms with Gasteiger partial charge in [0.1, 0.15) is 0 Å². The number of ether oxygens (including phenoxy) is 1. The highest BCUT2D eigenvalue weighted by molar-refractivity contribution is 7.50. The summed E-state index contributed by atoms with van der Waals surface area (Å²) >= 11 is 0. The van der Waals surface area contributed by atoms with Gasteiger partial charge >= 0.3 is 16.9 Å². The fourth-order valence-corrected chi connectivity index (χ4v) is 9.59. The average molecular weight is 677 g/mol. The van der Waals surface area contributed by atoms with E-state index in [1.807, 2.05) is 12.3 Å². The molecule has 246 valence electrons. The van der Waals surface area contributed by atoms with Gasteiger partial charge < -0.3 is 18.9 Å². The van der Waals surface area contributed by atoms with Crippen molar-refractivity contribution < 1.29 is 13.8 Å². The second kappa shape index (κ2) is 11.8. The Hall–Kier alpha value is -4.18. The molecule has 0 amide bonds. The van der Waals surface area contributed by atoms with E-state index in [2.05, 4.69) is 151 Å². The van der Waals surface area contributed by atoms with Crippen LogP contribution in [-0.2, 0) is 30.1 Å². The van der Waals surface area contributed by atoms with Gasteiger partial charge in [0.15, 0.2) is 23.0 Å². The van der Waals surface area contributed by atoms with Gasteiger partial charge in [-0.3, -0.25) is 13.0 Å². The van der Waals surface area contributed by atoms with E-state index < -0.39 is 16.9 Å². The maximum absolute atomic E-state index is 7.12.